The SMILES string of the molecule is CC(C)SCc1noc(CC2CCCCC2=O)n1. The molecule has 1 aliphatic carbocycles. The number of nitrogens with zero attached hydrogens (tertiary/aromatic N) is 2. The summed E-state index contributed by atoms with van der Waals surface area (Å²) in [6.45, 7) is 4.29. The Morgan fingerprint density at radius 2 is 2.28 bits per heavy atom. The predicted octanol–water partition coefficient (Wildman–Crippen LogP) is 3.01. The largest absolute Gasteiger partial charge is 0.339 e. The third kappa shape index (κ3) is 3.83. The van der Waals surface area contributed by atoms with Crippen LogP contribution in [0, 0.1) is 5.92 Å². The van der Waals surface area contributed by atoms with Crippen LogP contribution in [0.1, 0.15) is 51.2 Å². The first-order valence-corrected chi connectivity index (χ1v) is 7.66. The molecular weight excluding hydrogens is 248 g/mol. The summed E-state index contributed by atoms with van der Waals surface area (Å²) in [5.41, 5.74) is 0. The van der Waals surface area contributed by atoms with Gasteiger partial charge < -0.3 is 4.52 Å². The number of hydrogen-bond donors (Lipinski definition) is 0. The van der Waals surface area contributed by atoms with Gasteiger partial charge in [0.15, 0.2) is 5.82 Å². The highest BCUT2D eigenvalue weighted by atomic mass is 32.2. The van der Waals surface area contributed by atoms with Crippen LogP contribution in [0.2, 0.25) is 0 Å². The van der Waals surface area contributed by atoms with Crippen LogP contribution < -0.4 is 0 Å². The molecule has 0 radical (unpaired) electrons. The Morgan fingerprint density at radius 1 is 1.44 bits per heavy atom. The predicted molar refractivity (Wildman–Crippen MR) is 71.4 cm³/mol. The van der Waals surface area contributed by atoms with Gasteiger partial charge in [-0.25, -0.2) is 0 Å². The molecule has 1 aromatic rings. The van der Waals surface area contributed by atoms with Crippen molar-refractivity contribution in [3.8, 4) is 0 Å². The van der Waals surface area contributed by atoms with Crippen LogP contribution in [0.25, 0.3) is 0 Å². The molecule has 1 saturated carbocycles. The lowest BCUT2D eigenvalue weighted by Crippen LogP contribution is -2.21. The molecule has 1 unspecified atom stereocenters. The van der Waals surface area contributed by atoms with Crippen LogP contribution in [0.3, 0.4) is 0 Å². The maximum atomic E-state index is 11.7. The first kappa shape index (κ1) is 13.6. The first-order chi connectivity index (χ1) is 8.65. The van der Waals surface area contributed by atoms with Crippen LogP contribution in [-0.4, -0.2) is 21.2 Å². The van der Waals surface area contributed by atoms with Crippen molar-refractivity contribution in [1.29, 1.82) is 0 Å². The van der Waals surface area contributed by atoms with Crippen molar-refractivity contribution in [1.82, 2.24) is 10.1 Å². The molecule has 0 spiro atoms. The summed E-state index contributed by atoms with van der Waals surface area (Å²) in [6, 6.07) is 0. The molecule has 1 atom stereocenters. The van der Waals surface area contributed by atoms with Gasteiger partial charge in [-0.1, -0.05) is 25.4 Å². The second-order valence-electron chi connectivity index (χ2n) is 5.08. The summed E-state index contributed by atoms with van der Waals surface area (Å²) >= 11 is 1.79. The lowest BCUT2D eigenvalue weighted by atomic mass is 9.86. The Balaban J connectivity index is 1.87. The van der Waals surface area contributed by atoms with Crippen molar-refractivity contribution >= 4 is 17.5 Å². The highest BCUT2D eigenvalue weighted by Gasteiger charge is 2.24. The lowest BCUT2D eigenvalue weighted by Gasteiger charge is -2.18. The van der Waals surface area contributed by atoms with E-state index in [2.05, 4.69) is 24.0 Å². The van der Waals surface area contributed by atoms with E-state index in [0.29, 0.717) is 23.3 Å². The summed E-state index contributed by atoms with van der Waals surface area (Å²) in [5.74, 6) is 2.60. The molecule has 1 heterocycles. The number of carbonyl (C=O) groups excluding carboxylic acids is 1. The van der Waals surface area contributed by atoms with Crippen LogP contribution in [-0.2, 0) is 17.0 Å². The summed E-state index contributed by atoms with van der Waals surface area (Å²) in [7, 11) is 0. The standard InChI is InChI=1S/C13H20N2O2S/c1-9(2)18-8-12-14-13(17-15-12)7-10-5-3-4-6-11(10)16/h9-10H,3-8H2,1-2H3. The van der Waals surface area contributed by atoms with Crippen molar-refractivity contribution in [3.63, 3.8) is 0 Å². The maximum Gasteiger partial charge on any atom is 0.227 e. The average Bonchev–Trinajstić information content (AvgIpc) is 2.77. The van der Waals surface area contributed by atoms with Gasteiger partial charge in [0, 0.05) is 18.8 Å². The summed E-state index contributed by atoms with van der Waals surface area (Å²) in [5, 5.41) is 4.52. The van der Waals surface area contributed by atoms with Crippen molar-refractivity contribution in [2.45, 2.75) is 57.0 Å². The Kier molecular flexibility index (Phi) is 4.80. The molecule has 5 heteroatoms. The molecule has 2 rings (SSSR count). The number of rotatable bonds is 5. The molecule has 1 aliphatic rings. The molecule has 0 N–H and O–H groups in total. The van der Waals surface area contributed by atoms with Crippen LogP contribution in [0.15, 0.2) is 4.52 Å². The van der Waals surface area contributed by atoms with Crippen LogP contribution >= 0.6 is 11.8 Å². The monoisotopic (exact) mass is 268 g/mol. The van der Waals surface area contributed by atoms with Gasteiger partial charge >= 0.3 is 0 Å². The number of thioether (sulfide) groups is 1. The summed E-state index contributed by atoms with van der Waals surface area (Å²) < 4.78 is 5.22. The number of ketones is 1. The second-order valence-corrected chi connectivity index (χ2v) is 6.64. The quantitative estimate of drug-likeness (QED) is 0.821. The topological polar surface area (TPSA) is 56.0 Å². The molecule has 1 fully saturated rings. The van der Waals surface area contributed by atoms with Crippen LogP contribution in [0.4, 0.5) is 0 Å². The molecule has 0 aromatic carbocycles. The zero-order valence-corrected chi connectivity index (χ0v) is 11.8. The van der Waals surface area contributed by atoms with Gasteiger partial charge in [0.05, 0.1) is 5.75 Å². The molecule has 0 aliphatic heterocycles. The molecular formula is C13H20N2O2S. The van der Waals surface area contributed by atoms with E-state index in [0.717, 1.165) is 37.3 Å². The van der Waals surface area contributed by atoms with Crippen molar-refractivity contribution in [3.05, 3.63) is 11.7 Å². The zero-order valence-electron chi connectivity index (χ0n) is 11.0. The van der Waals surface area contributed by atoms with Gasteiger partial charge in [-0.15, -0.1) is 0 Å². The minimum Gasteiger partial charge on any atom is -0.339 e. The van der Waals surface area contributed by atoms with E-state index < -0.39 is 0 Å². The minimum atomic E-state index is 0.102. The van der Waals surface area contributed by atoms with Gasteiger partial charge in [-0.3, -0.25) is 4.79 Å². The first-order valence-electron chi connectivity index (χ1n) is 6.61. The Bertz CT molecular complexity index is 403. The van der Waals surface area contributed by atoms with Gasteiger partial charge in [0.25, 0.3) is 0 Å². The molecule has 0 bridgehead atoms. The lowest BCUT2D eigenvalue weighted by molar-refractivity contribution is -0.124. The fraction of sp³-hybridized carbons (Fsp3) is 0.769. The Hall–Kier alpha value is -0.840. The van der Waals surface area contributed by atoms with Gasteiger partial charge in [-0.2, -0.15) is 16.7 Å². The average molecular weight is 268 g/mol. The van der Waals surface area contributed by atoms with E-state index in [1.54, 1.807) is 11.8 Å². The molecule has 1 aromatic heterocycles. The molecule has 18 heavy (non-hydrogen) atoms. The summed E-state index contributed by atoms with van der Waals surface area (Å²) in [4.78, 5) is 16.1. The fourth-order valence-electron chi connectivity index (χ4n) is 2.15. The highest BCUT2D eigenvalue weighted by Crippen LogP contribution is 2.24. The minimum absolute atomic E-state index is 0.102. The molecule has 0 amide bonds. The van der Waals surface area contributed by atoms with E-state index in [1.807, 2.05) is 0 Å². The van der Waals surface area contributed by atoms with E-state index in [-0.39, 0.29) is 5.92 Å². The Labute approximate surface area is 112 Å². The van der Waals surface area contributed by atoms with Gasteiger partial charge in [0.2, 0.25) is 5.89 Å². The third-order valence-electron chi connectivity index (χ3n) is 3.16. The van der Waals surface area contributed by atoms with E-state index in [1.165, 1.54) is 0 Å². The van der Waals surface area contributed by atoms with Gasteiger partial charge in [-0.05, 0) is 18.1 Å². The van der Waals surface area contributed by atoms with E-state index in [4.69, 9.17) is 4.52 Å². The van der Waals surface area contributed by atoms with Crippen molar-refractivity contribution < 1.29 is 9.32 Å². The van der Waals surface area contributed by atoms with Crippen molar-refractivity contribution in [2.24, 2.45) is 5.92 Å². The number of Topliss-reactive ketones (excluding diaryl/α,β-unsaturated/α-hetero) is 1. The Morgan fingerprint density at radius 3 is 3.00 bits per heavy atom. The highest BCUT2D eigenvalue weighted by molar-refractivity contribution is 7.99. The smallest absolute Gasteiger partial charge is 0.227 e. The normalized spacial score (nSPS) is 20.6. The van der Waals surface area contributed by atoms with E-state index in [9.17, 15) is 4.79 Å². The maximum absolute atomic E-state index is 11.7. The number of hydrogen-bond acceptors (Lipinski definition) is 5. The molecule has 0 saturated heterocycles. The number of aromatic nitrogens is 2. The third-order valence-corrected chi connectivity index (χ3v) is 4.25. The second kappa shape index (κ2) is 6.36. The zero-order chi connectivity index (χ0) is 13.0. The number of carbonyl (C=O) groups is 1. The summed E-state index contributed by atoms with van der Waals surface area (Å²) in [6.07, 6.45) is 4.49. The fourth-order valence-corrected chi connectivity index (χ4v) is 2.75. The van der Waals surface area contributed by atoms with E-state index >= 15 is 0 Å². The molecule has 4 nitrogen and oxygen atoms in total. The van der Waals surface area contributed by atoms with Gasteiger partial charge in [0.1, 0.15) is 5.78 Å². The molecule has 100 valence electrons. The van der Waals surface area contributed by atoms with Crippen molar-refractivity contribution in [2.75, 3.05) is 0 Å². The van der Waals surface area contributed by atoms with Crippen LogP contribution in [0.5, 0.6) is 0 Å².